The molecule has 2 unspecified atom stereocenters. The molecule has 4 nitrogen and oxygen atoms in total. The second-order valence-electron chi connectivity index (χ2n) is 5.06. The minimum atomic E-state index is 0.0810. The molecule has 2 aliphatic heterocycles. The third-order valence-corrected chi connectivity index (χ3v) is 4.04. The quantitative estimate of drug-likeness (QED) is 0.725. The molecule has 0 spiro atoms. The first-order valence-electron chi connectivity index (χ1n) is 6.38. The van der Waals surface area contributed by atoms with Gasteiger partial charge in [0.15, 0.2) is 0 Å². The predicted molar refractivity (Wildman–Crippen MR) is 64.3 cm³/mol. The van der Waals surface area contributed by atoms with E-state index in [1.54, 1.807) is 6.92 Å². The molecule has 0 aromatic heterocycles. The van der Waals surface area contributed by atoms with E-state index in [9.17, 15) is 4.79 Å². The van der Waals surface area contributed by atoms with Crippen LogP contribution in [0.4, 0.5) is 0 Å². The third kappa shape index (κ3) is 2.55. The fraction of sp³-hybridized carbons (Fsp3) is 0.917. The lowest BCUT2D eigenvalue weighted by Gasteiger charge is -2.38. The highest BCUT2D eigenvalue weighted by atomic mass is 16.1. The van der Waals surface area contributed by atoms with Crippen LogP contribution >= 0.6 is 0 Å². The summed E-state index contributed by atoms with van der Waals surface area (Å²) >= 11 is 0. The van der Waals surface area contributed by atoms with Crippen molar-refractivity contribution < 1.29 is 4.79 Å². The zero-order valence-corrected chi connectivity index (χ0v) is 10.3. The molecule has 0 aromatic carbocycles. The molecule has 2 atom stereocenters. The second-order valence-corrected chi connectivity index (χ2v) is 5.06. The summed E-state index contributed by atoms with van der Waals surface area (Å²) in [5.41, 5.74) is 0. The number of hydrogen-bond acceptors (Lipinski definition) is 3. The van der Waals surface area contributed by atoms with Gasteiger partial charge in [-0.2, -0.15) is 0 Å². The number of rotatable bonds is 4. The number of carbonyl (C=O) groups excluding carboxylic acids is 1. The van der Waals surface area contributed by atoms with E-state index >= 15 is 0 Å². The van der Waals surface area contributed by atoms with Crippen molar-refractivity contribution in [3.8, 4) is 0 Å². The van der Waals surface area contributed by atoms with E-state index < -0.39 is 0 Å². The summed E-state index contributed by atoms with van der Waals surface area (Å²) in [4.78, 5) is 13.4. The fourth-order valence-electron chi connectivity index (χ4n) is 3.24. The number of nitrogens with zero attached hydrogens (tertiary/aromatic N) is 1. The SMILES string of the molecule is CNC1CC2CCC(C1)N2CCNC(C)=O. The van der Waals surface area contributed by atoms with E-state index in [0.29, 0.717) is 6.04 Å². The molecule has 0 saturated carbocycles. The summed E-state index contributed by atoms with van der Waals surface area (Å²) in [5, 5.41) is 6.29. The summed E-state index contributed by atoms with van der Waals surface area (Å²) in [6, 6.07) is 2.18. The van der Waals surface area contributed by atoms with Gasteiger partial charge in [-0.15, -0.1) is 0 Å². The Bertz CT molecular complexity index is 243. The molecule has 0 radical (unpaired) electrons. The number of fused-ring (bicyclic) bond motifs is 2. The molecule has 2 aliphatic rings. The Morgan fingerprint density at radius 1 is 1.31 bits per heavy atom. The smallest absolute Gasteiger partial charge is 0.216 e. The Morgan fingerprint density at radius 2 is 1.94 bits per heavy atom. The molecule has 0 aromatic rings. The highest BCUT2D eigenvalue weighted by Gasteiger charge is 2.39. The van der Waals surface area contributed by atoms with Crippen LogP contribution in [0.25, 0.3) is 0 Å². The first kappa shape index (κ1) is 11.9. The van der Waals surface area contributed by atoms with Crippen LogP contribution in [0.15, 0.2) is 0 Å². The van der Waals surface area contributed by atoms with E-state index in [1.807, 2.05) is 0 Å². The van der Waals surface area contributed by atoms with Gasteiger partial charge in [-0.25, -0.2) is 0 Å². The van der Waals surface area contributed by atoms with Crippen LogP contribution in [-0.2, 0) is 4.79 Å². The van der Waals surface area contributed by atoms with E-state index in [2.05, 4.69) is 22.6 Å². The summed E-state index contributed by atoms with van der Waals surface area (Å²) in [5.74, 6) is 0.0810. The largest absolute Gasteiger partial charge is 0.355 e. The van der Waals surface area contributed by atoms with Crippen LogP contribution in [0.1, 0.15) is 32.6 Å². The highest BCUT2D eigenvalue weighted by molar-refractivity contribution is 5.72. The summed E-state index contributed by atoms with van der Waals surface area (Å²) < 4.78 is 0. The zero-order valence-electron chi connectivity index (χ0n) is 10.3. The van der Waals surface area contributed by atoms with Crippen LogP contribution in [0.5, 0.6) is 0 Å². The van der Waals surface area contributed by atoms with Crippen LogP contribution in [-0.4, -0.2) is 49.1 Å². The zero-order chi connectivity index (χ0) is 11.5. The van der Waals surface area contributed by atoms with Gasteiger partial charge in [0.1, 0.15) is 0 Å². The summed E-state index contributed by atoms with van der Waals surface area (Å²) in [6.45, 7) is 3.40. The average molecular weight is 225 g/mol. The van der Waals surface area contributed by atoms with E-state index in [0.717, 1.165) is 25.2 Å². The molecule has 2 N–H and O–H groups in total. The first-order chi connectivity index (χ1) is 7.70. The number of amides is 1. The van der Waals surface area contributed by atoms with Crippen molar-refractivity contribution in [1.29, 1.82) is 0 Å². The lowest BCUT2D eigenvalue weighted by atomic mass is 9.97. The van der Waals surface area contributed by atoms with Gasteiger partial charge in [0.2, 0.25) is 5.91 Å². The number of nitrogens with one attached hydrogen (secondary N) is 2. The van der Waals surface area contributed by atoms with Crippen molar-refractivity contribution in [3.63, 3.8) is 0 Å². The molecule has 2 saturated heterocycles. The Hall–Kier alpha value is -0.610. The predicted octanol–water partition coefficient (Wildman–Crippen LogP) is 0.337. The van der Waals surface area contributed by atoms with Crippen LogP contribution in [0, 0.1) is 0 Å². The molecular weight excluding hydrogens is 202 g/mol. The lowest BCUT2D eigenvalue weighted by Crippen LogP contribution is -2.50. The fourth-order valence-corrected chi connectivity index (χ4v) is 3.24. The van der Waals surface area contributed by atoms with Crippen molar-refractivity contribution >= 4 is 5.91 Å². The minimum absolute atomic E-state index is 0.0810. The molecule has 92 valence electrons. The molecule has 16 heavy (non-hydrogen) atoms. The van der Waals surface area contributed by atoms with E-state index in [-0.39, 0.29) is 5.91 Å². The normalized spacial score (nSPS) is 34.0. The average Bonchev–Trinajstić information content (AvgIpc) is 2.50. The topological polar surface area (TPSA) is 44.4 Å². The Kier molecular flexibility index (Phi) is 3.82. The Labute approximate surface area is 97.8 Å². The summed E-state index contributed by atoms with van der Waals surface area (Å²) in [6.07, 6.45) is 5.21. The van der Waals surface area contributed by atoms with Gasteiger partial charge < -0.3 is 10.6 Å². The molecule has 2 bridgehead atoms. The van der Waals surface area contributed by atoms with Crippen molar-refractivity contribution in [2.45, 2.75) is 50.7 Å². The standard InChI is InChI=1S/C12H23N3O/c1-9(16)14-5-6-15-11-3-4-12(15)8-10(7-11)13-2/h10-13H,3-8H2,1-2H3,(H,14,16). The maximum absolute atomic E-state index is 10.8. The van der Waals surface area contributed by atoms with Crippen LogP contribution < -0.4 is 10.6 Å². The van der Waals surface area contributed by atoms with E-state index in [4.69, 9.17) is 0 Å². The highest BCUT2D eigenvalue weighted by Crippen LogP contribution is 2.35. The van der Waals surface area contributed by atoms with Gasteiger partial charge in [0.05, 0.1) is 0 Å². The lowest BCUT2D eigenvalue weighted by molar-refractivity contribution is -0.119. The van der Waals surface area contributed by atoms with Gasteiger partial charge in [-0.05, 0) is 32.7 Å². The molecule has 4 heteroatoms. The maximum atomic E-state index is 10.8. The molecular formula is C12H23N3O. The van der Waals surface area contributed by atoms with Crippen molar-refractivity contribution in [2.75, 3.05) is 20.1 Å². The first-order valence-corrected chi connectivity index (χ1v) is 6.38. The van der Waals surface area contributed by atoms with Crippen molar-refractivity contribution in [2.24, 2.45) is 0 Å². The number of carbonyl (C=O) groups is 1. The van der Waals surface area contributed by atoms with Crippen molar-refractivity contribution in [3.05, 3.63) is 0 Å². The Balaban J connectivity index is 1.81. The molecule has 2 heterocycles. The van der Waals surface area contributed by atoms with Gasteiger partial charge >= 0.3 is 0 Å². The van der Waals surface area contributed by atoms with Gasteiger partial charge in [-0.3, -0.25) is 9.69 Å². The monoisotopic (exact) mass is 225 g/mol. The molecule has 2 rings (SSSR count). The maximum Gasteiger partial charge on any atom is 0.216 e. The van der Waals surface area contributed by atoms with Gasteiger partial charge in [0.25, 0.3) is 0 Å². The second kappa shape index (κ2) is 5.15. The molecule has 2 fully saturated rings. The summed E-state index contributed by atoms with van der Waals surface area (Å²) in [7, 11) is 2.07. The van der Waals surface area contributed by atoms with E-state index in [1.165, 1.54) is 25.7 Å². The molecule has 0 aliphatic carbocycles. The van der Waals surface area contributed by atoms with Crippen LogP contribution in [0.2, 0.25) is 0 Å². The van der Waals surface area contributed by atoms with Gasteiger partial charge in [-0.1, -0.05) is 0 Å². The van der Waals surface area contributed by atoms with Crippen LogP contribution in [0.3, 0.4) is 0 Å². The van der Waals surface area contributed by atoms with Gasteiger partial charge in [0, 0.05) is 38.1 Å². The van der Waals surface area contributed by atoms with Crippen molar-refractivity contribution in [1.82, 2.24) is 15.5 Å². The molecule has 1 amide bonds. The minimum Gasteiger partial charge on any atom is -0.355 e. The number of piperidine rings is 1. The third-order valence-electron chi connectivity index (χ3n) is 4.04. The Morgan fingerprint density at radius 3 is 2.44 bits per heavy atom. The number of hydrogen-bond donors (Lipinski definition) is 2.